The van der Waals surface area contributed by atoms with Crippen LogP contribution < -0.4 is 10.6 Å². The fourth-order valence-electron chi connectivity index (χ4n) is 2.50. The summed E-state index contributed by atoms with van der Waals surface area (Å²) in [5.74, 6) is -0.0337. The lowest BCUT2D eigenvalue weighted by molar-refractivity contribution is 0.0963. The topological polar surface area (TPSA) is 41.1 Å². The lowest BCUT2D eigenvalue weighted by Crippen LogP contribution is -2.19. The highest BCUT2D eigenvalue weighted by Crippen LogP contribution is 2.19. The van der Waals surface area contributed by atoms with Crippen molar-refractivity contribution >= 4 is 11.6 Å². The Balaban J connectivity index is 2.45. The van der Waals surface area contributed by atoms with Gasteiger partial charge in [-0.15, -0.1) is 0 Å². The minimum absolute atomic E-state index is 0.0337. The van der Waals surface area contributed by atoms with E-state index in [0.29, 0.717) is 11.6 Å². The van der Waals surface area contributed by atoms with Gasteiger partial charge in [0, 0.05) is 24.3 Å². The van der Waals surface area contributed by atoms with Crippen molar-refractivity contribution in [2.24, 2.45) is 0 Å². The molecule has 118 valence electrons. The van der Waals surface area contributed by atoms with Crippen molar-refractivity contribution in [2.45, 2.75) is 65.3 Å². The third-order valence-corrected chi connectivity index (χ3v) is 3.86. The average Bonchev–Trinajstić information content (AvgIpc) is 2.48. The minimum atomic E-state index is -0.0337. The summed E-state index contributed by atoms with van der Waals surface area (Å²) in [6.07, 6.45) is 7.80. The predicted octanol–water partition coefficient (Wildman–Crippen LogP) is 4.52. The molecule has 0 saturated heterocycles. The van der Waals surface area contributed by atoms with Gasteiger partial charge in [0.15, 0.2) is 0 Å². The number of amides is 1. The highest BCUT2D eigenvalue weighted by Gasteiger charge is 2.08. The van der Waals surface area contributed by atoms with Gasteiger partial charge in [0.1, 0.15) is 0 Å². The van der Waals surface area contributed by atoms with Crippen LogP contribution in [0.15, 0.2) is 18.2 Å². The largest absolute Gasteiger partial charge is 0.382 e. The van der Waals surface area contributed by atoms with E-state index in [4.69, 9.17) is 0 Å². The molecule has 2 N–H and O–H groups in total. The zero-order valence-corrected chi connectivity index (χ0v) is 14.0. The minimum Gasteiger partial charge on any atom is -0.382 e. The van der Waals surface area contributed by atoms with Crippen LogP contribution in [0.25, 0.3) is 0 Å². The average molecular weight is 290 g/mol. The van der Waals surface area contributed by atoms with E-state index in [1.807, 2.05) is 25.1 Å². The van der Waals surface area contributed by atoms with E-state index in [1.165, 1.54) is 38.5 Å². The van der Waals surface area contributed by atoms with Gasteiger partial charge in [0.25, 0.3) is 5.91 Å². The van der Waals surface area contributed by atoms with E-state index in [2.05, 4.69) is 24.5 Å². The fraction of sp³-hybridized carbons (Fsp3) is 0.611. The highest BCUT2D eigenvalue weighted by molar-refractivity contribution is 5.94. The molecule has 1 unspecified atom stereocenters. The van der Waals surface area contributed by atoms with Crippen LogP contribution in [0.5, 0.6) is 0 Å². The molecule has 1 rings (SSSR count). The van der Waals surface area contributed by atoms with Crippen molar-refractivity contribution in [3.63, 3.8) is 0 Å². The van der Waals surface area contributed by atoms with Crippen LogP contribution in [0.3, 0.4) is 0 Å². The Labute approximate surface area is 129 Å². The maximum atomic E-state index is 11.6. The van der Waals surface area contributed by atoms with Gasteiger partial charge in [-0.05, 0) is 44.0 Å². The standard InChI is InChI=1S/C18H30N2O/c1-5-6-7-8-9-10-15(3)20-17-12-11-16(13-14(17)2)18(21)19-4/h11-13,15,20H,5-10H2,1-4H3,(H,19,21). The van der Waals surface area contributed by atoms with Crippen molar-refractivity contribution < 1.29 is 4.79 Å². The van der Waals surface area contributed by atoms with Crippen LogP contribution in [-0.4, -0.2) is 19.0 Å². The molecule has 1 aromatic rings. The first-order valence-electron chi connectivity index (χ1n) is 8.17. The van der Waals surface area contributed by atoms with Crippen molar-refractivity contribution in [2.75, 3.05) is 12.4 Å². The molecule has 1 atom stereocenters. The second-order valence-electron chi connectivity index (χ2n) is 5.86. The molecular weight excluding hydrogens is 260 g/mol. The van der Waals surface area contributed by atoms with Crippen LogP contribution in [-0.2, 0) is 0 Å². The van der Waals surface area contributed by atoms with Crippen molar-refractivity contribution in [1.82, 2.24) is 5.32 Å². The highest BCUT2D eigenvalue weighted by atomic mass is 16.1. The first kappa shape index (κ1) is 17.5. The number of carbonyl (C=O) groups is 1. The van der Waals surface area contributed by atoms with Crippen LogP contribution in [0, 0.1) is 6.92 Å². The van der Waals surface area contributed by atoms with Crippen molar-refractivity contribution in [3.8, 4) is 0 Å². The predicted molar refractivity (Wildman–Crippen MR) is 91.0 cm³/mol. The molecule has 0 bridgehead atoms. The monoisotopic (exact) mass is 290 g/mol. The Bertz CT molecular complexity index is 443. The fourth-order valence-corrected chi connectivity index (χ4v) is 2.50. The Kier molecular flexibility index (Phi) is 7.88. The van der Waals surface area contributed by atoms with E-state index in [1.54, 1.807) is 7.05 Å². The lowest BCUT2D eigenvalue weighted by atomic mass is 10.1. The number of aryl methyl sites for hydroxylation is 1. The second-order valence-corrected chi connectivity index (χ2v) is 5.86. The number of carbonyl (C=O) groups excluding carboxylic acids is 1. The molecular formula is C18H30N2O. The number of hydrogen-bond donors (Lipinski definition) is 2. The third-order valence-electron chi connectivity index (χ3n) is 3.86. The van der Waals surface area contributed by atoms with E-state index in [0.717, 1.165) is 11.3 Å². The summed E-state index contributed by atoms with van der Waals surface area (Å²) in [4.78, 5) is 11.6. The van der Waals surface area contributed by atoms with Crippen molar-refractivity contribution in [1.29, 1.82) is 0 Å². The molecule has 0 spiro atoms. The van der Waals surface area contributed by atoms with E-state index >= 15 is 0 Å². The Morgan fingerprint density at radius 1 is 1.19 bits per heavy atom. The molecule has 21 heavy (non-hydrogen) atoms. The SMILES string of the molecule is CCCCCCCC(C)Nc1ccc(C(=O)NC)cc1C. The number of rotatable bonds is 9. The van der Waals surface area contributed by atoms with Gasteiger partial charge in [-0.25, -0.2) is 0 Å². The molecule has 0 heterocycles. The zero-order chi connectivity index (χ0) is 15.7. The van der Waals surface area contributed by atoms with Crippen LogP contribution in [0.1, 0.15) is 68.3 Å². The first-order valence-corrected chi connectivity index (χ1v) is 8.17. The molecule has 1 aromatic carbocycles. The summed E-state index contributed by atoms with van der Waals surface area (Å²) in [5, 5.41) is 6.21. The smallest absolute Gasteiger partial charge is 0.251 e. The number of unbranched alkanes of at least 4 members (excludes halogenated alkanes) is 4. The second kappa shape index (κ2) is 9.43. The quantitative estimate of drug-likeness (QED) is 0.657. The van der Waals surface area contributed by atoms with Crippen LogP contribution >= 0.6 is 0 Å². The van der Waals surface area contributed by atoms with Gasteiger partial charge in [-0.2, -0.15) is 0 Å². The summed E-state index contributed by atoms with van der Waals surface area (Å²) in [7, 11) is 1.66. The summed E-state index contributed by atoms with van der Waals surface area (Å²) < 4.78 is 0. The number of nitrogens with one attached hydrogen (secondary N) is 2. The summed E-state index contributed by atoms with van der Waals surface area (Å²) in [6, 6.07) is 6.29. The third kappa shape index (κ3) is 6.19. The van der Waals surface area contributed by atoms with Crippen LogP contribution in [0.4, 0.5) is 5.69 Å². The van der Waals surface area contributed by atoms with Gasteiger partial charge in [0.05, 0.1) is 0 Å². The Morgan fingerprint density at radius 3 is 2.52 bits per heavy atom. The first-order chi connectivity index (χ1) is 10.1. The molecule has 3 nitrogen and oxygen atoms in total. The molecule has 0 fully saturated rings. The summed E-state index contributed by atoms with van der Waals surface area (Å²) >= 11 is 0. The van der Waals surface area contributed by atoms with Crippen LogP contribution in [0.2, 0.25) is 0 Å². The van der Waals surface area contributed by atoms with Crippen molar-refractivity contribution in [3.05, 3.63) is 29.3 Å². The molecule has 0 saturated carbocycles. The maximum absolute atomic E-state index is 11.6. The molecule has 0 aliphatic carbocycles. The molecule has 0 aliphatic heterocycles. The number of hydrogen-bond acceptors (Lipinski definition) is 2. The Morgan fingerprint density at radius 2 is 1.90 bits per heavy atom. The number of benzene rings is 1. The molecule has 3 heteroatoms. The molecule has 0 aliphatic rings. The molecule has 1 amide bonds. The van der Waals surface area contributed by atoms with E-state index in [-0.39, 0.29) is 5.91 Å². The van der Waals surface area contributed by atoms with Gasteiger partial charge < -0.3 is 10.6 Å². The van der Waals surface area contributed by atoms with Gasteiger partial charge in [-0.3, -0.25) is 4.79 Å². The summed E-state index contributed by atoms with van der Waals surface area (Å²) in [5.41, 5.74) is 2.96. The van der Waals surface area contributed by atoms with E-state index in [9.17, 15) is 4.79 Å². The van der Waals surface area contributed by atoms with E-state index < -0.39 is 0 Å². The zero-order valence-electron chi connectivity index (χ0n) is 14.0. The Hall–Kier alpha value is -1.51. The van der Waals surface area contributed by atoms with Gasteiger partial charge >= 0.3 is 0 Å². The van der Waals surface area contributed by atoms with Gasteiger partial charge in [-0.1, -0.05) is 39.0 Å². The normalized spacial score (nSPS) is 12.0. The lowest BCUT2D eigenvalue weighted by Gasteiger charge is -2.17. The maximum Gasteiger partial charge on any atom is 0.251 e. The number of anilines is 1. The van der Waals surface area contributed by atoms with Gasteiger partial charge in [0.2, 0.25) is 0 Å². The molecule has 0 radical (unpaired) electrons. The summed E-state index contributed by atoms with van der Waals surface area (Å²) in [6.45, 7) is 6.52. The molecule has 0 aromatic heterocycles.